The Morgan fingerprint density at radius 1 is 1.59 bits per heavy atom. The van der Waals surface area contributed by atoms with Crippen molar-refractivity contribution in [2.75, 3.05) is 26.3 Å². The summed E-state index contributed by atoms with van der Waals surface area (Å²) >= 11 is 0. The zero-order valence-electron chi connectivity index (χ0n) is 10.9. The van der Waals surface area contributed by atoms with E-state index in [1.807, 2.05) is 20.8 Å². The van der Waals surface area contributed by atoms with E-state index in [9.17, 15) is 4.79 Å². The molecule has 5 nitrogen and oxygen atoms in total. The van der Waals surface area contributed by atoms with Crippen LogP contribution in [0.4, 0.5) is 4.79 Å². The zero-order chi connectivity index (χ0) is 12.9. The van der Waals surface area contributed by atoms with Crippen molar-refractivity contribution in [3.05, 3.63) is 12.8 Å². The van der Waals surface area contributed by atoms with Crippen molar-refractivity contribution in [1.29, 1.82) is 0 Å². The highest BCUT2D eigenvalue weighted by Crippen LogP contribution is 2.11. The molecule has 1 aliphatic rings. The topological polar surface area (TPSA) is 50.8 Å². The molecule has 1 atom stereocenters. The fraction of sp³-hybridized carbons (Fsp3) is 0.750. The second-order valence-corrected chi connectivity index (χ2v) is 5.07. The van der Waals surface area contributed by atoms with E-state index in [0.29, 0.717) is 26.3 Å². The van der Waals surface area contributed by atoms with E-state index in [0.717, 1.165) is 0 Å². The highest BCUT2D eigenvalue weighted by atomic mass is 16.6. The number of nitrogens with zero attached hydrogens (tertiary/aromatic N) is 1. The summed E-state index contributed by atoms with van der Waals surface area (Å²) in [6.45, 7) is 11.4. The van der Waals surface area contributed by atoms with Crippen molar-refractivity contribution in [3.8, 4) is 0 Å². The Morgan fingerprint density at radius 2 is 2.29 bits per heavy atom. The van der Waals surface area contributed by atoms with Crippen molar-refractivity contribution in [1.82, 2.24) is 10.2 Å². The van der Waals surface area contributed by atoms with E-state index in [-0.39, 0.29) is 12.1 Å². The highest BCUT2D eigenvalue weighted by Gasteiger charge is 2.26. The monoisotopic (exact) mass is 242 g/mol. The minimum Gasteiger partial charge on any atom is -0.444 e. The smallest absolute Gasteiger partial charge is 0.410 e. The summed E-state index contributed by atoms with van der Waals surface area (Å²) in [6.07, 6.45) is 1.32. The number of nitrogens with one attached hydrogen (secondary N) is 1. The maximum absolute atomic E-state index is 11.9. The van der Waals surface area contributed by atoms with Crippen LogP contribution in [-0.4, -0.2) is 48.9 Å². The van der Waals surface area contributed by atoms with E-state index >= 15 is 0 Å². The third-order valence-corrected chi connectivity index (χ3v) is 2.27. The van der Waals surface area contributed by atoms with Crippen molar-refractivity contribution in [2.45, 2.75) is 32.4 Å². The second kappa shape index (κ2) is 5.91. The van der Waals surface area contributed by atoms with Gasteiger partial charge in [0.25, 0.3) is 0 Å². The van der Waals surface area contributed by atoms with Crippen LogP contribution < -0.4 is 5.32 Å². The SMILES string of the molecule is C=CNC1COCCN(C(=O)OC(C)(C)C)C1. The molecule has 0 saturated carbocycles. The minimum atomic E-state index is -0.467. The summed E-state index contributed by atoms with van der Waals surface area (Å²) in [5.74, 6) is 0. The lowest BCUT2D eigenvalue weighted by Gasteiger charge is -2.27. The van der Waals surface area contributed by atoms with Gasteiger partial charge in [-0.2, -0.15) is 0 Å². The van der Waals surface area contributed by atoms with E-state index in [1.54, 1.807) is 11.1 Å². The van der Waals surface area contributed by atoms with Gasteiger partial charge in [0.1, 0.15) is 5.60 Å². The Balaban J connectivity index is 2.55. The predicted molar refractivity (Wildman–Crippen MR) is 65.7 cm³/mol. The van der Waals surface area contributed by atoms with E-state index in [4.69, 9.17) is 9.47 Å². The molecule has 0 spiro atoms. The van der Waals surface area contributed by atoms with Crippen LogP contribution in [0.15, 0.2) is 12.8 Å². The van der Waals surface area contributed by atoms with Gasteiger partial charge in [-0.25, -0.2) is 4.79 Å². The fourth-order valence-electron chi connectivity index (χ4n) is 1.57. The molecule has 0 aromatic rings. The van der Waals surface area contributed by atoms with Gasteiger partial charge < -0.3 is 19.7 Å². The van der Waals surface area contributed by atoms with Crippen LogP contribution >= 0.6 is 0 Å². The molecule has 1 aliphatic heterocycles. The third-order valence-electron chi connectivity index (χ3n) is 2.27. The van der Waals surface area contributed by atoms with Crippen molar-refractivity contribution in [3.63, 3.8) is 0 Å². The molecule has 1 unspecified atom stereocenters. The van der Waals surface area contributed by atoms with Gasteiger partial charge in [0.05, 0.1) is 19.3 Å². The first-order chi connectivity index (χ1) is 7.92. The van der Waals surface area contributed by atoms with E-state index < -0.39 is 5.60 Å². The summed E-state index contributed by atoms with van der Waals surface area (Å²) in [4.78, 5) is 13.6. The first-order valence-electron chi connectivity index (χ1n) is 5.85. The lowest BCUT2D eigenvalue weighted by atomic mass is 10.2. The Labute approximate surface area is 103 Å². The Hall–Kier alpha value is -1.23. The molecule has 1 N–H and O–H groups in total. The molecule has 0 aliphatic carbocycles. The Bertz CT molecular complexity index is 273. The molecule has 1 fully saturated rings. The van der Waals surface area contributed by atoms with Gasteiger partial charge in [0.15, 0.2) is 0 Å². The quantitative estimate of drug-likeness (QED) is 0.794. The van der Waals surface area contributed by atoms with Gasteiger partial charge in [0.2, 0.25) is 0 Å². The molecule has 98 valence electrons. The van der Waals surface area contributed by atoms with Gasteiger partial charge in [-0.1, -0.05) is 6.58 Å². The molecule has 1 saturated heterocycles. The molecule has 1 amide bonds. The van der Waals surface area contributed by atoms with E-state index in [2.05, 4.69) is 11.9 Å². The molecule has 0 bridgehead atoms. The summed E-state index contributed by atoms with van der Waals surface area (Å²) in [6, 6.07) is 0.0718. The average Bonchev–Trinajstić information content (AvgIpc) is 2.41. The standard InChI is InChI=1S/C12H22N2O3/c1-5-13-10-8-14(6-7-16-9-10)11(15)17-12(2,3)4/h5,10,13H,1,6-9H2,2-4H3. The van der Waals surface area contributed by atoms with Crippen LogP contribution in [0, 0.1) is 0 Å². The largest absolute Gasteiger partial charge is 0.444 e. The van der Waals surface area contributed by atoms with Crippen LogP contribution in [0.25, 0.3) is 0 Å². The molecule has 1 heterocycles. The summed E-state index contributed by atoms with van der Waals surface area (Å²) in [7, 11) is 0. The van der Waals surface area contributed by atoms with Crippen LogP contribution in [0.1, 0.15) is 20.8 Å². The molecule has 0 aromatic carbocycles. The number of ether oxygens (including phenoxy) is 2. The number of amides is 1. The average molecular weight is 242 g/mol. The normalized spacial score (nSPS) is 21.6. The Kier molecular flexibility index (Phi) is 4.81. The van der Waals surface area contributed by atoms with Crippen molar-refractivity contribution < 1.29 is 14.3 Å². The van der Waals surface area contributed by atoms with Gasteiger partial charge in [-0.3, -0.25) is 0 Å². The lowest BCUT2D eigenvalue weighted by molar-refractivity contribution is 0.0239. The second-order valence-electron chi connectivity index (χ2n) is 5.07. The molecule has 5 heteroatoms. The van der Waals surface area contributed by atoms with Crippen LogP contribution in [0.2, 0.25) is 0 Å². The lowest BCUT2D eigenvalue weighted by Crippen LogP contribution is -2.44. The molecular weight excluding hydrogens is 220 g/mol. The van der Waals surface area contributed by atoms with Crippen molar-refractivity contribution >= 4 is 6.09 Å². The first-order valence-corrected chi connectivity index (χ1v) is 5.85. The third kappa shape index (κ3) is 5.08. The fourth-order valence-corrected chi connectivity index (χ4v) is 1.57. The molecular formula is C12H22N2O3. The van der Waals surface area contributed by atoms with Gasteiger partial charge in [-0.05, 0) is 27.0 Å². The number of carbonyl (C=O) groups is 1. The molecule has 17 heavy (non-hydrogen) atoms. The first kappa shape index (κ1) is 13.8. The van der Waals surface area contributed by atoms with Gasteiger partial charge >= 0.3 is 6.09 Å². The summed E-state index contributed by atoms with van der Waals surface area (Å²) < 4.78 is 10.7. The number of hydrogen-bond donors (Lipinski definition) is 1. The van der Waals surface area contributed by atoms with E-state index in [1.165, 1.54) is 0 Å². The maximum atomic E-state index is 11.9. The summed E-state index contributed by atoms with van der Waals surface area (Å²) in [5.41, 5.74) is -0.467. The highest BCUT2D eigenvalue weighted by molar-refractivity contribution is 5.68. The summed E-state index contributed by atoms with van der Waals surface area (Å²) in [5, 5.41) is 3.06. The van der Waals surface area contributed by atoms with Crippen LogP contribution in [0.3, 0.4) is 0 Å². The number of rotatable bonds is 2. The minimum absolute atomic E-state index is 0.0718. The predicted octanol–water partition coefficient (Wildman–Crippen LogP) is 1.36. The number of hydrogen-bond acceptors (Lipinski definition) is 4. The van der Waals surface area contributed by atoms with Gasteiger partial charge in [0, 0.05) is 13.1 Å². The van der Waals surface area contributed by atoms with Crippen molar-refractivity contribution in [2.24, 2.45) is 0 Å². The van der Waals surface area contributed by atoms with Crippen LogP contribution in [-0.2, 0) is 9.47 Å². The maximum Gasteiger partial charge on any atom is 0.410 e. The van der Waals surface area contributed by atoms with Crippen LogP contribution in [0.5, 0.6) is 0 Å². The Morgan fingerprint density at radius 3 is 2.88 bits per heavy atom. The number of carbonyl (C=O) groups excluding carboxylic acids is 1. The molecule has 1 rings (SSSR count). The molecule has 0 aromatic heterocycles. The molecule has 0 radical (unpaired) electrons. The zero-order valence-corrected chi connectivity index (χ0v) is 10.9. The van der Waals surface area contributed by atoms with Gasteiger partial charge in [-0.15, -0.1) is 0 Å².